The summed E-state index contributed by atoms with van der Waals surface area (Å²) in [7, 11) is 1.91. The highest BCUT2D eigenvalue weighted by Gasteiger charge is 2.22. The first-order valence-electron chi connectivity index (χ1n) is 8.59. The Bertz CT molecular complexity index is 714. The van der Waals surface area contributed by atoms with E-state index in [-0.39, 0.29) is 12.1 Å². The fraction of sp³-hybridized carbons (Fsp3) is 0.529. The maximum absolute atomic E-state index is 12.1. The molecule has 8 nitrogen and oxygen atoms in total. The summed E-state index contributed by atoms with van der Waals surface area (Å²) in [5.41, 5.74) is 0.983. The maximum Gasteiger partial charge on any atom is 0.315 e. The summed E-state index contributed by atoms with van der Waals surface area (Å²) in [6.45, 7) is 6.07. The van der Waals surface area contributed by atoms with Gasteiger partial charge in [0.15, 0.2) is 0 Å². The van der Waals surface area contributed by atoms with Gasteiger partial charge in [0.25, 0.3) is 0 Å². The van der Waals surface area contributed by atoms with Crippen LogP contribution in [0.5, 0.6) is 0 Å². The van der Waals surface area contributed by atoms with Crippen molar-refractivity contribution < 1.29 is 4.79 Å². The Hall–Kier alpha value is -2.64. The molecule has 0 radical (unpaired) electrons. The van der Waals surface area contributed by atoms with Crippen molar-refractivity contribution in [2.75, 3.05) is 18.0 Å². The molecule has 1 saturated heterocycles. The Labute approximate surface area is 147 Å². The highest BCUT2D eigenvalue weighted by Crippen LogP contribution is 2.18. The Morgan fingerprint density at radius 2 is 2.04 bits per heavy atom. The molecule has 0 aliphatic carbocycles. The normalized spacial score (nSPS) is 15.2. The lowest BCUT2D eigenvalue weighted by atomic mass is 10.1. The van der Waals surface area contributed by atoms with Crippen molar-refractivity contribution in [1.82, 2.24) is 30.2 Å². The van der Waals surface area contributed by atoms with E-state index in [0.717, 1.165) is 49.1 Å². The minimum Gasteiger partial charge on any atom is -0.356 e. The summed E-state index contributed by atoms with van der Waals surface area (Å²) >= 11 is 0. The Morgan fingerprint density at radius 3 is 2.68 bits per heavy atom. The van der Waals surface area contributed by atoms with Crippen molar-refractivity contribution in [3.63, 3.8) is 0 Å². The molecule has 134 valence electrons. The fourth-order valence-electron chi connectivity index (χ4n) is 3.07. The molecular formula is C17H25N7O. The van der Waals surface area contributed by atoms with E-state index < -0.39 is 0 Å². The third-order valence-corrected chi connectivity index (χ3v) is 4.43. The number of nitrogens with one attached hydrogen (secondary N) is 2. The number of rotatable bonds is 4. The van der Waals surface area contributed by atoms with Crippen LogP contribution in [0.3, 0.4) is 0 Å². The number of imidazole rings is 1. The van der Waals surface area contributed by atoms with E-state index in [9.17, 15) is 4.79 Å². The molecule has 0 aromatic carbocycles. The van der Waals surface area contributed by atoms with Crippen molar-refractivity contribution in [3.05, 3.63) is 35.8 Å². The summed E-state index contributed by atoms with van der Waals surface area (Å²) < 4.78 is 1.89. The molecule has 0 unspecified atom stereocenters. The molecule has 3 rings (SSSR count). The first-order chi connectivity index (χ1) is 12.0. The monoisotopic (exact) mass is 343 g/mol. The lowest BCUT2D eigenvalue weighted by molar-refractivity contribution is 0.233. The van der Waals surface area contributed by atoms with E-state index in [4.69, 9.17) is 0 Å². The average molecular weight is 343 g/mol. The van der Waals surface area contributed by atoms with Gasteiger partial charge in [-0.15, -0.1) is 0 Å². The van der Waals surface area contributed by atoms with Crippen molar-refractivity contribution >= 4 is 11.8 Å². The van der Waals surface area contributed by atoms with Crippen LogP contribution >= 0.6 is 0 Å². The maximum atomic E-state index is 12.1. The predicted octanol–water partition coefficient (Wildman–Crippen LogP) is 1.30. The second-order valence-corrected chi connectivity index (χ2v) is 6.46. The van der Waals surface area contributed by atoms with Crippen LogP contribution in [-0.4, -0.2) is 44.7 Å². The number of piperidine rings is 1. The van der Waals surface area contributed by atoms with Crippen molar-refractivity contribution in [2.24, 2.45) is 7.05 Å². The van der Waals surface area contributed by atoms with Gasteiger partial charge < -0.3 is 20.1 Å². The minimum absolute atomic E-state index is 0.143. The molecule has 8 heteroatoms. The van der Waals surface area contributed by atoms with E-state index in [1.165, 1.54) is 0 Å². The van der Waals surface area contributed by atoms with Gasteiger partial charge in [0, 0.05) is 50.3 Å². The van der Waals surface area contributed by atoms with Gasteiger partial charge in [0.05, 0.1) is 6.54 Å². The summed E-state index contributed by atoms with van der Waals surface area (Å²) in [6, 6.07) is 2.05. The van der Waals surface area contributed by atoms with Crippen molar-refractivity contribution in [2.45, 2.75) is 39.3 Å². The zero-order valence-electron chi connectivity index (χ0n) is 15.0. The summed E-state index contributed by atoms with van der Waals surface area (Å²) in [6.07, 6.45) is 5.39. The third kappa shape index (κ3) is 4.46. The SMILES string of the molecule is Cc1cc(N2CCC(NC(=O)NCc3nccn3C)CC2)nc(C)n1. The molecule has 1 aliphatic rings. The number of carbonyl (C=O) groups excluding carboxylic acids is 1. The molecule has 0 spiro atoms. The quantitative estimate of drug-likeness (QED) is 0.873. The summed E-state index contributed by atoms with van der Waals surface area (Å²) in [5, 5.41) is 5.91. The number of hydrogen-bond acceptors (Lipinski definition) is 5. The second-order valence-electron chi connectivity index (χ2n) is 6.46. The van der Waals surface area contributed by atoms with Gasteiger partial charge in [-0.3, -0.25) is 0 Å². The molecule has 0 atom stereocenters. The Morgan fingerprint density at radius 1 is 1.28 bits per heavy atom. The number of anilines is 1. The van der Waals surface area contributed by atoms with Gasteiger partial charge in [0.1, 0.15) is 17.5 Å². The highest BCUT2D eigenvalue weighted by molar-refractivity contribution is 5.74. The van der Waals surface area contributed by atoms with Crippen LogP contribution in [0.4, 0.5) is 10.6 Å². The first-order valence-corrected chi connectivity index (χ1v) is 8.59. The number of hydrogen-bond donors (Lipinski definition) is 2. The van der Waals surface area contributed by atoms with Gasteiger partial charge in [-0.05, 0) is 26.7 Å². The zero-order chi connectivity index (χ0) is 17.8. The molecule has 1 aliphatic heterocycles. The summed E-state index contributed by atoms with van der Waals surface area (Å²) in [5.74, 6) is 2.60. The predicted molar refractivity (Wildman–Crippen MR) is 95.3 cm³/mol. The van der Waals surface area contributed by atoms with Crippen molar-refractivity contribution in [3.8, 4) is 0 Å². The molecule has 2 amide bonds. The van der Waals surface area contributed by atoms with Crippen molar-refractivity contribution in [1.29, 1.82) is 0 Å². The number of nitrogens with zero attached hydrogens (tertiary/aromatic N) is 5. The molecule has 0 saturated carbocycles. The summed E-state index contributed by atoms with van der Waals surface area (Å²) in [4.78, 5) is 27.4. The zero-order valence-corrected chi connectivity index (χ0v) is 15.0. The molecule has 1 fully saturated rings. The van der Waals surface area contributed by atoms with Gasteiger partial charge in [-0.25, -0.2) is 19.7 Å². The molecule has 25 heavy (non-hydrogen) atoms. The lowest BCUT2D eigenvalue weighted by Crippen LogP contribution is -2.48. The van der Waals surface area contributed by atoms with E-state index in [2.05, 4.69) is 30.5 Å². The minimum atomic E-state index is -0.143. The molecule has 2 aromatic rings. The van der Waals surface area contributed by atoms with Crippen LogP contribution < -0.4 is 15.5 Å². The Balaban J connectivity index is 1.46. The highest BCUT2D eigenvalue weighted by atomic mass is 16.2. The van der Waals surface area contributed by atoms with Crippen LogP contribution in [0.2, 0.25) is 0 Å². The number of urea groups is 1. The van der Waals surface area contributed by atoms with Gasteiger partial charge in [0.2, 0.25) is 0 Å². The molecule has 2 N–H and O–H groups in total. The lowest BCUT2D eigenvalue weighted by Gasteiger charge is -2.33. The van der Waals surface area contributed by atoms with Crippen LogP contribution in [0, 0.1) is 13.8 Å². The number of aryl methyl sites for hydroxylation is 3. The van der Waals surface area contributed by atoms with Gasteiger partial charge in [-0.2, -0.15) is 0 Å². The van der Waals surface area contributed by atoms with Gasteiger partial charge >= 0.3 is 6.03 Å². The van der Waals surface area contributed by atoms with E-state index in [0.29, 0.717) is 6.54 Å². The third-order valence-electron chi connectivity index (χ3n) is 4.43. The smallest absolute Gasteiger partial charge is 0.315 e. The Kier molecular flexibility index (Phi) is 5.16. The number of carbonyl (C=O) groups is 1. The largest absolute Gasteiger partial charge is 0.356 e. The molecule has 0 bridgehead atoms. The molecule has 3 heterocycles. The van der Waals surface area contributed by atoms with E-state index in [1.54, 1.807) is 6.20 Å². The van der Waals surface area contributed by atoms with E-state index >= 15 is 0 Å². The number of aromatic nitrogens is 4. The van der Waals surface area contributed by atoms with E-state index in [1.807, 2.05) is 37.7 Å². The second kappa shape index (κ2) is 7.50. The standard InChI is InChI=1S/C17H25N7O/c1-12-10-15(21-13(2)20-12)24-7-4-14(5-8-24)22-17(25)19-11-16-18-6-9-23(16)3/h6,9-10,14H,4-5,7-8,11H2,1-3H3,(H2,19,22,25). The molecular weight excluding hydrogens is 318 g/mol. The number of amides is 2. The van der Waals surface area contributed by atoms with Crippen LogP contribution in [-0.2, 0) is 13.6 Å². The molecule has 2 aromatic heterocycles. The van der Waals surface area contributed by atoms with Crippen LogP contribution in [0.25, 0.3) is 0 Å². The first kappa shape index (κ1) is 17.2. The fourth-order valence-corrected chi connectivity index (χ4v) is 3.07. The van der Waals surface area contributed by atoms with Crippen LogP contribution in [0.1, 0.15) is 30.2 Å². The van der Waals surface area contributed by atoms with Gasteiger partial charge in [-0.1, -0.05) is 0 Å². The topological polar surface area (TPSA) is 88.0 Å². The van der Waals surface area contributed by atoms with Crippen LogP contribution in [0.15, 0.2) is 18.5 Å². The average Bonchev–Trinajstić information content (AvgIpc) is 2.98.